The molecule has 1 N–H and O–H groups in total. The number of carbonyl (C=O) groups is 1. The number of carbonyl (C=O) groups excluding carboxylic acids is 1. The molecule has 0 aliphatic heterocycles. The van der Waals surface area contributed by atoms with Crippen LogP contribution in [-0.2, 0) is 11.3 Å². The van der Waals surface area contributed by atoms with Crippen LogP contribution >= 0.6 is 23.2 Å². The Morgan fingerprint density at radius 3 is 2.58 bits per heavy atom. The molecule has 2 aromatic carbocycles. The number of benzene rings is 2. The molecule has 1 fully saturated rings. The molecule has 1 amide bonds. The third-order valence-electron chi connectivity index (χ3n) is 5.15. The number of halogens is 2. The summed E-state index contributed by atoms with van der Waals surface area (Å²) in [6.45, 7) is -0.210. The molecule has 0 atom stereocenters. The van der Waals surface area contributed by atoms with Gasteiger partial charge in [-0.25, -0.2) is 9.36 Å². The van der Waals surface area contributed by atoms with E-state index in [1.54, 1.807) is 53.3 Å². The Kier molecular flexibility index (Phi) is 5.00. The number of amides is 1. The van der Waals surface area contributed by atoms with E-state index in [0.717, 1.165) is 18.5 Å². The van der Waals surface area contributed by atoms with Crippen LogP contribution in [0.1, 0.15) is 24.5 Å². The van der Waals surface area contributed by atoms with Gasteiger partial charge in [0.25, 0.3) is 5.56 Å². The molecule has 156 valence electrons. The molecule has 31 heavy (non-hydrogen) atoms. The van der Waals surface area contributed by atoms with Crippen molar-refractivity contribution in [1.82, 2.24) is 19.6 Å². The largest absolute Gasteiger partial charge is 0.324 e. The highest BCUT2D eigenvalue weighted by atomic mass is 35.5. The quantitative estimate of drug-likeness (QED) is 0.485. The summed E-state index contributed by atoms with van der Waals surface area (Å²) in [5.74, 6) is -0.0856. The minimum Gasteiger partial charge on any atom is -0.324 e. The zero-order valence-corrected chi connectivity index (χ0v) is 17.8. The molecule has 5 rings (SSSR count). The van der Waals surface area contributed by atoms with E-state index >= 15 is 0 Å². The molecule has 0 radical (unpaired) electrons. The Hall–Kier alpha value is -3.16. The Balaban J connectivity index is 1.56. The highest BCUT2D eigenvalue weighted by Gasteiger charge is 2.30. The summed E-state index contributed by atoms with van der Waals surface area (Å²) in [5.41, 5.74) is 2.06. The van der Waals surface area contributed by atoms with Gasteiger partial charge in [-0.15, -0.1) is 0 Å². The van der Waals surface area contributed by atoms with Gasteiger partial charge in [-0.1, -0.05) is 29.3 Å². The lowest BCUT2D eigenvalue weighted by molar-refractivity contribution is -0.117. The van der Waals surface area contributed by atoms with Crippen molar-refractivity contribution in [3.63, 3.8) is 0 Å². The maximum absolute atomic E-state index is 13.3. The predicted octanol–water partition coefficient (Wildman–Crippen LogP) is 4.41. The zero-order valence-electron chi connectivity index (χ0n) is 16.3. The molecule has 2 heterocycles. The maximum atomic E-state index is 13.3. The molecule has 2 aromatic heterocycles. The number of anilines is 1. The fraction of sp³-hybridized carbons (Fsp3) is 0.182. The molecule has 1 aliphatic carbocycles. The SMILES string of the molecule is O=C(Cn1nc(C2CC2)c2cnn(-c3cccc(Cl)c3)c2c1=O)Nc1ccc(Cl)cc1. The smallest absolute Gasteiger partial charge is 0.293 e. The minimum absolute atomic E-state index is 0.210. The average molecular weight is 454 g/mol. The van der Waals surface area contributed by atoms with E-state index in [4.69, 9.17) is 23.2 Å². The van der Waals surface area contributed by atoms with Gasteiger partial charge < -0.3 is 5.32 Å². The second kappa shape index (κ2) is 7.83. The van der Waals surface area contributed by atoms with Crippen molar-refractivity contribution in [3.8, 4) is 5.69 Å². The van der Waals surface area contributed by atoms with E-state index in [-0.39, 0.29) is 23.9 Å². The first-order chi connectivity index (χ1) is 15.0. The highest BCUT2D eigenvalue weighted by molar-refractivity contribution is 6.31. The monoisotopic (exact) mass is 453 g/mol. The van der Waals surface area contributed by atoms with Gasteiger partial charge in [0.1, 0.15) is 12.1 Å². The number of fused-ring (bicyclic) bond motifs is 1. The first-order valence-electron chi connectivity index (χ1n) is 9.80. The van der Waals surface area contributed by atoms with E-state index in [2.05, 4.69) is 15.5 Å². The summed E-state index contributed by atoms with van der Waals surface area (Å²) < 4.78 is 2.77. The first-order valence-corrected chi connectivity index (χ1v) is 10.6. The Bertz CT molecular complexity index is 1360. The first kappa shape index (κ1) is 19.8. The maximum Gasteiger partial charge on any atom is 0.293 e. The van der Waals surface area contributed by atoms with Crippen LogP contribution in [0.2, 0.25) is 10.0 Å². The summed E-state index contributed by atoms with van der Waals surface area (Å²) in [5, 5.41) is 13.5. The van der Waals surface area contributed by atoms with Gasteiger partial charge in [-0.05, 0) is 55.3 Å². The number of hydrogen-bond donors (Lipinski definition) is 1. The van der Waals surface area contributed by atoms with Crippen LogP contribution in [0.25, 0.3) is 16.6 Å². The summed E-state index contributed by atoms with van der Waals surface area (Å²) in [6.07, 6.45) is 3.66. The number of rotatable bonds is 5. The summed E-state index contributed by atoms with van der Waals surface area (Å²) >= 11 is 12.0. The average Bonchev–Trinajstić information content (AvgIpc) is 3.49. The van der Waals surface area contributed by atoms with E-state index in [1.807, 2.05) is 6.07 Å². The molecule has 7 nitrogen and oxygen atoms in total. The molecule has 4 aromatic rings. The topological polar surface area (TPSA) is 81.8 Å². The van der Waals surface area contributed by atoms with Crippen molar-refractivity contribution >= 4 is 45.7 Å². The van der Waals surface area contributed by atoms with E-state index in [9.17, 15) is 9.59 Å². The Morgan fingerprint density at radius 1 is 1.10 bits per heavy atom. The van der Waals surface area contributed by atoms with Gasteiger partial charge in [-0.3, -0.25) is 9.59 Å². The molecule has 9 heteroatoms. The van der Waals surface area contributed by atoms with Gasteiger partial charge in [-0.2, -0.15) is 10.2 Å². The minimum atomic E-state index is -0.386. The second-order valence-corrected chi connectivity index (χ2v) is 8.35. The van der Waals surface area contributed by atoms with Gasteiger partial charge in [0.15, 0.2) is 0 Å². The van der Waals surface area contributed by atoms with E-state index in [1.165, 1.54) is 4.68 Å². The van der Waals surface area contributed by atoms with Gasteiger partial charge >= 0.3 is 0 Å². The highest BCUT2D eigenvalue weighted by Crippen LogP contribution is 2.41. The Morgan fingerprint density at radius 2 is 1.87 bits per heavy atom. The van der Waals surface area contributed by atoms with Gasteiger partial charge in [0.2, 0.25) is 5.91 Å². The second-order valence-electron chi connectivity index (χ2n) is 7.48. The lowest BCUT2D eigenvalue weighted by atomic mass is 10.2. The Labute approximate surface area is 187 Å². The number of aromatic nitrogens is 4. The van der Waals surface area contributed by atoms with Crippen LogP contribution in [0.5, 0.6) is 0 Å². The van der Waals surface area contributed by atoms with Gasteiger partial charge in [0.05, 0.1) is 17.6 Å². The molecule has 1 aliphatic rings. The van der Waals surface area contributed by atoms with Crippen molar-refractivity contribution in [2.75, 3.05) is 5.32 Å². The van der Waals surface area contributed by atoms with Gasteiger partial charge in [0, 0.05) is 27.0 Å². The third kappa shape index (κ3) is 3.94. The van der Waals surface area contributed by atoms with E-state index < -0.39 is 0 Å². The lowest BCUT2D eigenvalue weighted by Crippen LogP contribution is -2.31. The summed E-state index contributed by atoms with van der Waals surface area (Å²) in [7, 11) is 0. The van der Waals surface area contributed by atoms with Crippen LogP contribution in [0.4, 0.5) is 5.69 Å². The summed E-state index contributed by atoms with van der Waals surface area (Å²) in [6, 6.07) is 13.9. The number of nitrogens with one attached hydrogen (secondary N) is 1. The molecule has 1 saturated carbocycles. The predicted molar refractivity (Wildman–Crippen MR) is 120 cm³/mol. The number of nitrogens with zero attached hydrogens (tertiary/aromatic N) is 4. The fourth-order valence-corrected chi connectivity index (χ4v) is 3.84. The fourth-order valence-electron chi connectivity index (χ4n) is 3.53. The molecule has 0 spiro atoms. The van der Waals surface area contributed by atoms with Crippen LogP contribution in [-0.4, -0.2) is 25.5 Å². The van der Waals surface area contributed by atoms with Crippen LogP contribution in [0.3, 0.4) is 0 Å². The standard InChI is InChI=1S/C22H17Cl2N5O2/c23-14-6-8-16(9-7-14)26-19(30)12-28-22(31)21-18(20(27-28)13-4-5-13)11-25-29(21)17-3-1-2-15(24)10-17/h1-3,6-11,13H,4-5,12H2,(H,26,30). The van der Waals surface area contributed by atoms with E-state index in [0.29, 0.717) is 32.3 Å². The van der Waals surface area contributed by atoms with Crippen molar-refractivity contribution in [3.05, 3.63) is 80.8 Å². The third-order valence-corrected chi connectivity index (χ3v) is 5.64. The summed E-state index contributed by atoms with van der Waals surface area (Å²) in [4.78, 5) is 25.9. The van der Waals surface area contributed by atoms with Crippen molar-refractivity contribution in [1.29, 1.82) is 0 Å². The zero-order chi connectivity index (χ0) is 21.5. The molecule has 0 bridgehead atoms. The van der Waals surface area contributed by atoms with Crippen LogP contribution < -0.4 is 10.9 Å². The van der Waals surface area contributed by atoms with Crippen molar-refractivity contribution in [2.45, 2.75) is 25.3 Å². The number of hydrogen-bond acceptors (Lipinski definition) is 4. The molecular formula is C22H17Cl2N5O2. The van der Waals surface area contributed by atoms with Crippen LogP contribution in [0, 0.1) is 0 Å². The molecule has 0 saturated heterocycles. The molecule has 0 unspecified atom stereocenters. The van der Waals surface area contributed by atoms with Crippen molar-refractivity contribution in [2.24, 2.45) is 0 Å². The van der Waals surface area contributed by atoms with Crippen LogP contribution in [0.15, 0.2) is 59.5 Å². The van der Waals surface area contributed by atoms with Crippen molar-refractivity contribution < 1.29 is 4.79 Å². The lowest BCUT2D eigenvalue weighted by Gasteiger charge is -2.11. The molecular weight excluding hydrogens is 437 g/mol. The normalized spacial score (nSPS) is 13.5.